The third-order valence-corrected chi connectivity index (χ3v) is 3.14. The lowest BCUT2D eigenvalue weighted by Crippen LogP contribution is -2.10. The van der Waals surface area contributed by atoms with Crippen molar-refractivity contribution in [3.63, 3.8) is 0 Å². The molecule has 0 spiro atoms. The maximum Gasteiger partial charge on any atom is 0.335 e. The van der Waals surface area contributed by atoms with Gasteiger partial charge >= 0.3 is 11.9 Å². The summed E-state index contributed by atoms with van der Waals surface area (Å²) in [6, 6.07) is 13.9. The van der Waals surface area contributed by atoms with E-state index in [4.69, 9.17) is 0 Å². The first-order valence-electron chi connectivity index (χ1n) is 6.22. The number of carboxylic acids is 2. The van der Waals surface area contributed by atoms with E-state index in [-0.39, 0.29) is 11.1 Å². The van der Waals surface area contributed by atoms with Gasteiger partial charge in [0, 0.05) is 0 Å². The molecular formula is C16H14O4. The standard InChI is InChI=1S/C16H14O4/c17-15(18)13-7-4-8-14(16(19)20)12(13)10-9-11-5-2-1-3-6-11/h1-8H,9-10H2,(H,17,18)(H,19,20). The summed E-state index contributed by atoms with van der Waals surface area (Å²) in [7, 11) is 0. The van der Waals surface area contributed by atoms with Gasteiger partial charge in [0.15, 0.2) is 0 Å². The Morgan fingerprint density at radius 2 is 1.30 bits per heavy atom. The molecule has 0 saturated carbocycles. The first-order valence-corrected chi connectivity index (χ1v) is 6.22. The summed E-state index contributed by atoms with van der Waals surface area (Å²) in [5, 5.41) is 18.4. The normalized spacial score (nSPS) is 10.2. The fraction of sp³-hybridized carbons (Fsp3) is 0.125. The van der Waals surface area contributed by atoms with Gasteiger partial charge < -0.3 is 10.2 Å². The predicted octanol–water partition coefficient (Wildman–Crippen LogP) is 2.87. The average molecular weight is 270 g/mol. The maximum atomic E-state index is 11.2. The molecule has 0 heterocycles. The highest BCUT2D eigenvalue weighted by molar-refractivity contribution is 5.96. The van der Waals surface area contributed by atoms with Crippen molar-refractivity contribution < 1.29 is 19.8 Å². The van der Waals surface area contributed by atoms with Crippen LogP contribution in [0.4, 0.5) is 0 Å². The van der Waals surface area contributed by atoms with Crippen molar-refractivity contribution in [1.29, 1.82) is 0 Å². The van der Waals surface area contributed by atoms with Crippen LogP contribution in [-0.4, -0.2) is 22.2 Å². The Hall–Kier alpha value is -2.62. The lowest BCUT2D eigenvalue weighted by atomic mass is 9.95. The topological polar surface area (TPSA) is 74.6 Å². The quantitative estimate of drug-likeness (QED) is 0.876. The highest BCUT2D eigenvalue weighted by atomic mass is 16.4. The van der Waals surface area contributed by atoms with Gasteiger partial charge in [0.2, 0.25) is 0 Å². The molecule has 0 aliphatic carbocycles. The van der Waals surface area contributed by atoms with Gasteiger partial charge in [-0.15, -0.1) is 0 Å². The molecule has 4 heteroatoms. The largest absolute Gasteiger partial charge is 0.478 e. The van der Waals surface area contributed by atoms with E-state index in [0.29, 0.717) is 18.4 Å². The van der Waals surface area contributed by atoms with Gasteiger partial charge in [0.25, 0.3) is 0 Å². The summed E-state index contributed by atoms with van der Waals surface area (Å²) in [5.41, 5.74) is 1.53. The number of hydrogen-bond acceptors (Lipinski definition) is 2. The minimum Gasteiger partial charge on any atom is -0.478 e. The lowest BCUT2D eigenvalue weighted by Gasteiger charge is -2.10. The number of aryl methyl sites for hydroxylation is 1. The van der Waals surface area contributed by atoms with Crippen LogP contribution in [0.1, 0.15) is 31.8 Å². The second-order valence-corrected chi connectivity index (χ2v) is 4.43. The molecule has 4 nitrogen and oxygen atoms in total. The summed E-state index contributed by atoms with van der Waals surface area (Å²) in [6.45, 7) is 0. The minimum absolute atomic E-state index is 0.0563. The molecule has 0 unspecified atom stereocenters. The Morgan fingerprint density at radius 3 is 1.80 bits per heavy atom. The molecule has 0 fully saturated rings. The Bertz CT molecular complexity index is 600. The van der Waals surface area contributed by atoms with E-state index in [1.54, 1.807) is 0 Å². The van der Waals surface area contributed by atoms with Gasteiger partial charge in [-0.2, -0.15) is 0 Å². The molecule has 2 N–H and O–H groups in total. The van der Waals surface area contributed by atoms with Crippen LogP contribution in [-0.2, 0) is 12.8 Å². The molecule has 102 valence electrons. The second kappa shape index (κ2) is 6.02. The van der Waals surface area contributed by atoms with E-state index in [0.717, 1.165) is 5.56 Å². The van der Waals surface area contributed by atoms with Gasteiger partial charge in [-0.25, -0.2) is 9.59 Å². The fourth-order valence-electron chi connectivity index (χ4n) is 2.17. The van der Waals surface area contributed by atoms with Crippen LogP contribution >= 0.6 is 0 Å². The van der Waals surface area contributed by atoms with E-state index < -0.39 is 11.9 Å². The molecule has 0 amide bonds. The van der Waals surface area contributed by atoms with E-state index in [2.05, 4.69) is 0 Å². The molecule has 0 radical (unpaired) electrons. The number of aromatic carboxylic acids is 2. The molecule has 0 aliphatic rings. The van der Waals surface area contributed by atoms with Crippen molar-refractivity contribution in [2.75, 3.05) is 0 Å². The summed E-state index contributed by atoms with van der Waals surface area (Å²) >= 11 is 0. The van der Waals surface area contributed by atoms with Gasteiger partial charge in [0.05, 0.1) is 11.1 Å². The molecule has 20 heavy (non-hydrogen) atoms. The molecule has 0 aliphatic heterocycles. The molecule has 2 rings (SSSR count). The number of carbonyl (C=O) groups is 2. The van der Waals surface area contributed by atoms with Gasteiger partial charge in [-0.1, -0.05) is 36.4 Å². The first kappa shape index (κ1) is 13.8. The van der Waals surface area contributed by atoms with Crippen LogP contribution in [0.5, 0.6) is 0 Å². The highest BCUT2D eigenvalue weighted by Gasteiger charge is 2.17. The molecule has 2 aromatic carbocycles. The van der Waals surface area contributed by atoms with Crippen molar-refractivity contribution in [1.82, 2.24) is 0 Å². The zero-order valence-corrected chi connectivity index (χ0v) is 10.7. The highest BCUT2D eigenvalue weighted by Crippen LogP contribution is 2.18. The van der Waals surface area contributed by atoms with Crippen LogP contribution in [0, 0.1) is 0 Å². The van der Waals surface area contributed by atoms with Crippen molar-refractivity contribution in [2.24, 2.45) is 0 Å². The van der Waals surface area contributed by atoms with Crippen LogP contribution in [0.3, 0.4) is 0 Å². The van der Waals surface area contributed by atoms with Crippen LogP contribution in [0.15, 0.2) is 48.5 Å². The smallest absolute Gasteiger partial charge is 0.335 e. The summed E-state index contributed by atoms with van der Waals surface area (Å²) in [4.78, 5) is 22.4. The summed E-state index contributed by atoms with van der Waals surface area (Å²) in [5.74, 6) is -2.20. The van der Waals surface area contributed by atoms with Gasteiger partial charge in [0.1, 0.15) is 0 Å². The molecule has 0 atom stereocenters. The van der Waals surface area contributed by atoms with Crippen molar-refractivity contribution in [3.8, 4) is 0 Å². The van der Waals surface area contributed by atoms with Crippen molar-refractivity contribution in [3.05, 3.63) is 70.8 Å². The monoisotopic (exact) mass is 270 g/mol. The Morgan fingerprint density at radius 1 is 0.750 bits per heavy atom. The van der Waals surface area contributed by atoms with Crippen molar-refractivity contribution >= 4 is 11.9 Å². The predicted molar refractivity (Wildman–Crippen MR) is 74.2 cm³/mol. The molecular weight excluding hydrogens is 256 g/mol. The zero-order chi connectivity index (χ0) is 14.5. The summed E-state index contributed by atoms with van der Waals surface area (Å²) < 4.78 is 0. The maximum absolute atomic E-state index is 11.2. The van der Waals surface area contributed by atoms with Crippen molar-refractivity contribution in [2.45, 2.75) is 12.8 Å². The van der Waals surface area contributed by atoms with E-state index in [1.807, 2.05) is 30.3 Å². The second-order valence-electron chi connectivity index (χ2n) is 4.43. The first-order chi connectivity index (χ1) is 9.59. The van der Waals surface area contributed by atoms with E-state index in [1.165, 1.54) is 18.2 Å². The number of benzene rings is 2. The third kappa shape index (κ3) is 3.03. The van der Waals surface area contributed by atoms with Crippen LogP contribution in [0.2, 0.25) is 0 Å². The fourth-order valence-corrected chi connectivity index (χ4v) is 2.17. The Labute approximate surface area is 116 Å². The zero-order valence-electron chi connectivity index (χ0n) is 10.7. The Balaban J connectivity index is 2.33. The SMILES string of the molecule is O=C(O)c1cccc(C(=O)O)c1CCc1ccccc1. The van der Waals surface area contributed by atoms with E-state index in [9.17, 15) is 19.8 Å². The average Bonchev–Trinajstić information content (AvgIpc) is 2.45. The number of hydrogen-bond donors (Lipinski definition) is 2. The summed E-state index contributed by atoms with van der Waals surface area (Å²) in [6.07, 6.45) is 0.986. The van der Waals surface area contributed by atoms with E-state index >= 15 is 0 Å². The molecule has 0 bridgehead atoms. The van der Waals surface area contributed by atoms with Gasteiger partial charge in [-0.05, 0) is 36.1 Å². The minimum atomic E-state index is -1.10. The number of carboxylic acid groups (broad SMARTS) is 2. The van der Waals surface area contributed by atoms with Gasteiger partial charge in [-0.3, -0.25) is 0 Å². The lowest BCUT2D eigenvalue weighted by molar-refractivity contribution is 0.0695. The third-order valence-electron chi connectivity index (χ3n) is 3.14. The van der Waals surface area contributed by atoms with Crippen LogP contribution < -0.4 is 0 Å². The molecule has 0 saturated heterocycles. The Kier molecular flexibility index (Phi) is 4.15. The molecule has 2 aromatic rings. The molecule has 0 aromatic heterocycles. The number of rotatable bonds is 5. The van der Waals surface area contributed by atoms with Crippen LogP contribution in [0.25, 0.3) is 0 Å².